The quantitative estimate of drug-likeness (QED) is 0.684. The van der Waals surface area contributed by atoms with Crippen molar-refractivity contribution in [1.29, 1.82) is 5.26 Å². The molecule has 1 fully saturated rings. The van der Waals surface area contributed by atoms with E-state index in [2.05, 4.69) is 23.0 Å². The molecule has 0 bridgehead atoms. The molecule has 78 valence electrons. The molecular weight excluding hydrogens is 210 g/mol. The Morgan fingerprint density at radius 1 is 1.67 bits per heavy atom. The highest BCUT2D eigenvalue weighted by Gasteiger charge is 2.23. The van der Waals surface area contributed by atoms with E-state index < -0.39 is 0 Å². The second kappa shape index (κ2) is 4.18. The van der Waals surface area contributed by atoms with Gasteiger partial charge >= 0.3 is 0 Å². The predicted molar refractivity (Wildman–Crippen MR) is 58.6 cm³/mol. The molecule has 2 heterocycles. The van der Waals surface area contributed by atoms with Crippen LogP contribution in [-0.4, -0.2) is 23.5 Å². The van der Waals surface area contributed by atoms with Crippen molar-refractivity contribution in [3.63, 3.8) is 0 Å². The largest absolute Gasteiger partial charge is 0.299 e. The van der Waals surface area contributed by atoms with Crippen LogP contribution in [0.1, 0.15) is 30.0 Å². The third-order valence-electron chi connectivity index (χ3n) is 2.89. The highest BCUT2D eigenvalue weighted by molar-refractivity contribution is 6.30. The van der Waals surface area contributed by atoms with E-state index in [9.17, 15) is 0 Å². The zero-order valence-electron chi connectivity index (χ0n) is 8.57. The highest BCUT2D eigenvalue weighted by atomic mass is 35.5. The van der Waals surface area contributed by atoms with E-state index in [0.717, 1.165) is 18.5 Å². The minimum Gasteiger partial charge on any atom is -0.299 e. The van der Waals surface area contributed by atoms with Crippen LogP contribution in [-0.2, 0) is 0 Å². The smallest absolute Gasteiger partial charge is 0.146 e. The summed E-state index contributed by atoms with van der Waals surface area (Å²) in [4.78, 5) is 6.33. The van der Waals surface area contributed by atoms with Crippen molar-refractivity contribution < 1.29 is 0 Å². The van der Waals surface area contributed by atoms with Gasteiger partial charge in [0.1, 0.15) is 11.2 Å². The van der Waals surface area contributed by atoms with Crippen molar-refractivity contribution in [3.8, 4) is 6.07 Å². The maximum Gasteiger partial charge on any atom is 0.146 e. The lowest BCUT2D eigenvalue weighted by Crippen LogP contribution is -2.17. The molecule has 2 rings (SSSR count). The number of rotatable bonds is 1. The standard InChI is InChI=1S/C11H12ClN3/c1-15-4-2-3-10(15)9-5-8(6-13)11(12)14-7-9/h5,7,10H,2-4H2,1H3. The lowest BCUT2D eigenvalue weighted by molar-refractivity contribution is 0.317. The first kappa shape index (κ1) is 10.4. The number of nitriles is 1. The molecule has 1 aliphatic heterocycles. The molecule has 0 radical (unpaired) electrons. The van der Waals surface area contributed by atoms with E-state index in [0.29, 0.717) is 16.8 Å². The first-order valence-corrected chi connectivity index (χ1v) is 5.36. The predicted octanol–water partition coefficient (Wildman–Crippen LogP) is 2.37. The molecule has 0 spiro atoms. The fourth-order valence-electron chi connectivity index (χ4n) is 2.06. The normalized spacial score (nSPS) is 21.5. The SMILES string of the molecule is CN1CCCC1c1cnc(Cl)c(C#N)c1. The molecule has 15 heavy (non-hydrogen) atoms. The van der Waals surface area contributed by atoms with Crippen LogP contribution in [0.3, 0.4) is 0 Å². The molecule has 1 saturated heterocycles. The number of pyridine rings is 1. The Morgan fingerprint density at radius 2 is 2.47 bits per heavy atom. The number of aromatic nitrogens is 1. The summed E-state index contributed by atoms with van der Waals surface area (Å²) in [7, 11) is 2.10. The van der Waals surface area contributed by atoms with Gasteiger partial charge in [-0.15, -0.1) is 0 Å². The minimum atomic E-state index is 0.293. The Hall–Kier alpha value is -1.11. The number of halogens is 1. The van der Waals surface area contributed by atoms with Crippen molar-refractivity contribution in [2.24, 2.45) is 0 Å². The zero-order chi connectivity index (χ0) is 10.8. The van der Waals surface area contributed by atoms with Gasteiger partial charge in [-0.25, -0.2) is 4.98 Å². The molecule has 0 aromatic carbocycles. The summed E-state index contributed by atoms with van der Waals surface area (Å²) >= 11 is 5.79. The van der Waals surface area contributed by atoms with Crippen LogP contribution in [0.25, 0.3) is 0 Å². The van der Waals surface area contributed by atoms with Gasteiger partial charge in [0.2, 0.25) is 0 Å². The second-order valence-corrected chi connectivity index (χ2v) is 4.22. The van der Waals surface area contributed by atoms with Crippen LogP contribution < -0.4 is 0 Å². The van der Waals surface area contributed by atoms with E-state index in [1.807, 2.05) is 6.07 Å². The Kier molecular flexibility index (Phi) is 2.90. The number of hydrogen-bond acceptors (Lipinski definition) is 3. The van der Waals surface area contributed by atoms with Crippen molar-refractivity contribution in [2.75, 3.05) is 13.6 Å². The first-order valence-electron chi connectivity index (χ1n) is 4.98. The summed E-state index contributed by atoms with van der Waals surface area (Å²) in [5.74, 6) is 0. The molecule has 0 amide bonds. The summed E-state index contributed by atoms with van der Waals surface area (Å²) in [5.41, 5.74) is 1.56. The lowest BCUT2D eigenvalue weighted by Gasteiger charge is -2.19. The Bertz CT molecular complexity index is 411. The molecule has 0 aliphatic carbocycles. The minimum absolute atomic E-state index is 0.293. The Balaban J connectivity index is 2.33. The fraction of sp³-hybridized carbons (Fsp3) is 0.455. The third-order valence-corrected chi connectivity index (χ3v) is 3.19. The molecule has 0 N–H and O–H groups in total. The third kappa shape index (κ3) is 1.97. The zero-order valence-corrected chi connectivity index (χ0v) is 9.33. The number of nitrogens with zero attached hydrogens (tertiary/aromatic N) is 3. The van der Waals surface area contributed by atoms with Gasteiger partial charge < -0.3 is 0 Å². The van der Waals surface area contributed by atoms with E-state index in [1.165, 1.54) is 6.42 Å². The number of hydrogen-bond donors (Lipinski definition) is 0. The van der Waals surface area contributed by atoms with Crippen molar-refractivity contribution in [3.05, 3.63) is 28.5 Å². The van der Waals surface area contributed by atoms with Crippen LogP contribution in [0, 0.1) is 11.3 Å². The maximum atomic E-state index is 8.86. The van der Waals surface area contributed by atoms with E-state index in [4.69, 9.17) is 16.9 Å². The van der Waals surface area contributed by atoms with Gasteiger partial charge in [0.15, 0.2) is 0 Å². The van der Waals surface area contributed by atoms with Crippen molar-refractivity contribution in [2.45, 2.75) is 18.9 Å². The molecule has 0 saturated carbocycles. The average molecular weight is 222 g/mol. The Labute approximate surface area is 94.3 Å². The molecule has 1 unspecified atom stereocenters. The van der Waals surface area contributed by atoms with Crippen LogP contribution >= 0.6 is 11.6 Å². The summed E-state index contributed by atoms with van der Waals surface area (Å²) < 4.78 is 0. The molecule has 1 atom stereocenters. The monoisotopic (exact) mass is 221 g/mol. The van der Waals surface area contributed by atoms with Gasteiger partial charge in [-0.2, -0.15) is 5.26 Å². The van der Waals surface area contributed by atoms with Crippen LogP contribution in [0.4, 0.5) is 0 Å². The molecule has 1 aromatic rings. The number of likely N-dealkylation sites (tertiary alicyclic amines) is 1. The van der Waals surface area contributed by atoms with Gasteiger partial charge in [0.05, 0.1) is 5.56 Å². The second-order valence-electron chi connectivity index (χ2n) is 3.86. The fourth-order valence-corrected chi connectivity index (χ4v) is 2.20. The van der Waals surface area contributed by atoms with Crippen molar-refractivity contribution in [1.82, 2.24) is 9.88 Å². The van der Waals surface area contributed by atoms with Gasteiger partial charge in [-0.1, -0.05) is 11.6 Å². The van der Waals surface area contributed by atoms with E-state index >= 15 is 0 Å². The van der Waals surface area contributed by atoms with E-state index in [-0.39, 0.29) is 0 Å². The summed E-state index contributed by atoms with van der Waals surface area (Å²) in [6, 6.07) is 4.30. The van der Waals surface area contributed by atoms with Gasteiger partial charge in [-0.05, 0) is 38.1 Å². The molecule has 1 aromatic heterocycles. The molecular formula is C11H12ClN3. The van der Waals surface area contributed by atoms with Crippen LogP contribution in [0.2, 0.25) is 5.15 Å². The molecule has 1 aliphatic rings. The van der Waals surface area contributed by atoms with E-state index in [1.54, 1.807) is 6.20 Å². The first-order chi connectivity index (χ1) is 7.22. The topological polar surface area (TPSA) is 39.9 Å². The maximum absolute atomic E-state index is 8.86. The summed E-state index contributed by atoms with van der Waals surface area (Å²) in [5, 5.41) is 9.16. The van der Waals surface area contributed by atoms with Gasteiger partial charge in [-0.3, -0.25) is 4.90 Å². The summed E-state index contributed by atoms with van der Waals surface area (Å²) in [6.07, 6.45) is 4.10. The summed E-state index contributed by atoms with van der Waals surface area (Å²) in [6.45, 7) is 1.11. The van der Waals surface area contributed by atoms with Gasteiger partial charge in [0.25, 0.3) is 0 Å². The lowest BCUT2D eigenvalue weighted by atomic mass is 10.1. The Morgan fingerprint density at radius 3 is 3.07 bits per heavy atom. The van der Waals surface area contributed by atoms with Crippen LogP contribution in [0.15, 0.2) is 12.3 Å². The van der Waals surface area contributed by atoms with Crippen LogP contribution in [0.5, 0.6) is 0 Å². The highest BCUT2D eigenvalue weighted by Crippen LogP contribution is 2.31. The molecule has 3 nitrogen and oxygen atoms in total. The average Bonchev–Trinajstić information content (AvgIpc) is 2.65. The van der Waals surface area contributed by atoms with Gasteiger partial charge in [0, 0.05) is 12.2 Å². The molecule has 4 heteroatoms. The van der Waals surface area contributed by atoms with Crippen molar-refractivity contribution >= 4 is 11.6 Å².